The first-order chi connectivity index (χ1) is 9.77. The normalized spacial score (nSPS) is 18.8. The molecular formula is C19H29NO. The van der Waals surface area contributed by atoms with E-state index in [0.29, 0.717) is 5.78 Å². The van der Waals surface area contributed by atoms with Gasteiger partial charge in [0, 0.05) is 5.56 Å². The molecule has 0 unspecified atom stereocenters. The molecule has 0 N–H and O–H groups in total. The minimum absolute atomic E-state index is 0.131. The first-order valence-electron chi connectivity index (χ1n) is 8.10. The van der Waals surface area contributed by atoms with Crippen LogP contribution in [0.5, 0.6) is 0 Å². The molecule has 21 heavy (non-hydrogen) atoms. The number of rotatable bonds is 3. The van der Waals surface area contributed by atoms with Crippen LogP contribution in [-0.4, -0.2) is 30.3 Å². The number of benzene rings is 1. The van der Waals surface area contributed by atoms with Gasteiger partial charge < -0.3 is 0 Å². The van der Waals surface area contributed by atoms with Crippen molar-refractivity contribution >= 4 is 5.78 Å². The Labute approximate surface area is 129 Å². The van der Waals surface area contributed by atoms with E-state index in [9.17, 15) is 4.79 Å². The van der Waals surface area contributed by atoms with Crippen molar-refractivity contribution in [1.29, 1.82) is 0 Å². The molecule has 0 saturated heterocycles. The van der Waals surface area contributed by atoms with Crippen molar-refractivity contribution in [3.63, 3.8) is 0 Å². The number of Topliss-reactive ketones (excluding diaryl/α,β-unsaturated/α-hetero) is 1. The highest BCUT2D eigenvalue weighted by Crippen LogP contribution is 2.35. The molecule has 1 aliphatic carbocycles. The second-order valence-corrected chi connectivity index (χ2v) is 7.64. The Kier molecular flexibility index (Phi) is 4.57. The Bertz CT molecular complexity index is 487. The van der Waals surface area contributed by atoms with E-state index in [1.54, 1.807) is 0 Å². The second kappa shape index (κ2) is 5.92. The molecule has 1 saturated carbocycles. The van der Waals surface area contributed by atoms with Crippen LogP contribution in [0.2, 0.25) is 0 Å². The monoisotopic (exact) mass is 287 g/mol. The van der Waals surface area contributed by atoms with Gasteiger partial charge in [0.05, 0.1) is 5.54 Å². The predicted octanol–water partition coefficient (Wildman–Crippen LogP) is 4.43. The fraction of sp³-hybridized carbons (Fsp3) is 0.632. The summed E-state index contributed by atoms with van der Waals surface area (Å²) in [6, 6.07) is 8.25. The van der Waals surface area contributed by atoms with Gasteiger partial charge in [-0.15, -0.1) is 0 Å². The van der Waals surface area contributed by atoms with E-state index in [2.05, 4.69) is 37.8 Å². The molecule has 0 amide bonds. The van der Waals surface area contributed by atoms with Gasteiger partial charge in [-0.3, -0.25) is 9.69 Å². The Morgan fingerprint density at radius 1 is 1.00 bits per heavy atom. The van der Waals surface area contributed by atoms with E-state index in [1.165, 1.54) is 12.0 Å². The fourth-order valence-electron chi connectivity index (χ4n) is 3.40. The van der Waals surface area contributed by atoms with E-state index in [1.807, 2.05) is 26.2 Å². The lowest BCUT2D eigenvalue weighted by atomic mass is 9.75. The van der Waals surface area contributed by atoms with Crippen LogP contribution in [0.1, 0.15) is 68.8 Å². The summed E-state index contributed by atoms with van der Waals surface area (Å²) in [5, 5.41) is 0. The van der Waals surface area contributed by atoms with Crippen molar-refractivity contribution in [3.8, 4) is 0 Å². The molecule has 0 aliphatic heterocycles. The quantitative estimate of drug-likeness (QED) is 0.766. The lowest BCUT2D eigenvalue weighted by molar-refractivity contribution is 0.0564. The topological polar surface area (TPSA) is 20.3 Å². The van der Waals surface area contributed by atoms with Crippen LogP contribution in [0.4, 0.5) is 0 Å². The van der Waals surface area contributed by atoms with E-state index < -0.39 is 0 Å². The fourth-order valence-corrected chi connectivity index (χ4v) is 3.40. The molecule has 1 aromatic rings. The first-order valence-corrected chi connectivity index (χ1v) is 8.10. The third kappa shape index (κ3) is 3.21. The maximum absolute atomic E-state index is 13.1. The van der Waals surface area contributed by atoms with Crippen molar-refractivity contribution in [2.24, 2.45) is 0 Å². The van der Waals surface area contributed by atoms with Gasteiger partial charge in [-0.25, -0.2) is 0 Å². The summed E-state index contributed by atoms with van der Waals surface area (Å²) in [5.74, 6) is 0.299. The van der Waals surface area contributed by atoms with Crippen LogP contribution < -0.4 is 0 Å². The van der Waals surface area contributed by atoms with Gasteiger partial charge in [0.1, 0.15) is 0 Å². The first kappa shape index (κ1) is 16.2. The van der Waals surface area contributed by atoms with Crippen LogP contribution in [-0.2, 0) is 5.41 Å². The maximum Gasteiger partial charge on any atom is 0.183 e. The van der Waals surface area contributed by atoms with Crippen LogP contribution in [0.3, 0.4) is 0 Å². The molecule has 0 atom stereocenters. The third-order valence-corrected chi connectivity index (χ3v) is 4.97. The third-order valence-electron chi connectivity index (χ3n) is 4.97. The zero-order valence-corrected chi connectivity index (χ0v) is 14.2. The highest BCUT2D eigenvalue weighted by Gasteiger charge is 2.41. The summed E-state index contributed by atoms with van der Waals surface area (Å²) in [4.78, 5) is 15.2. The van der Waals surface area contributed by atoms with Gasteiger partial charge in [-0.05, 0) is 37.9 Å². The van der Waals surface area contributed by atoms with Gasteiger partial charge in [0.2, 0.25) is 0 Å². The number of nitrogens with zero attached hydrogens (tertiary/aromatic N) is 1. The van der Waals surface area contributed by atoms with E-state index in [-0.39, 0.29) is 11.0 Å². The molecule has 0 heterocycles. The predicted molar refractivity (Wildman–Crippen MR) is 89.0 cm³/mol. The number of hydrogen-bond acceptors (Lipinski definition) is 2. The molecule has 1 aromatic carbocycles. The smallest absolute Gasteiger partial charge is 0.183 e. The largest absolute Gasteiger partial charge is 0.297 e. The summed E-state index contributed by atoms with van der Waals surface area (Å²) in [6.07, 6.45) is 5.54. The molecule has 0 bridgehead atoms. The van der Waals surface area contributed by atoms with Gasteiger partial charge in [-0.2, -0.15) is 0 Å². The van der Waals surface area contributed by atoms with E-state index in [4.69, 9.17) is 0 Å². The number of likely N-dealkylation sites (N-methyl/N-ethyl adjacent to an activating group) is 1. The number of carbonyl (C=O) groups excluding carboxylic acids is 1. The molecule has 0 spiro atoms. The van der Waals surface area contributed by atoms with Crippen LogP contribution >= 0.6 is 0 Å². The summed E-state index contributed by atoms with van der Waals surface area (Å²) >= 11 is 0. The van der Waals surface area contributed by atoms with Crippen LogP contribution in [0, 0.1) is 0 Å². The number of hydrogen-bond donors (Lipinski definition) is 0. The summed E-state index contributed by atoms with van der Waals surface area (Å²) in [7, 11) is 4.10. The SMILES string of the molecule is CN(C)C1(C(=O)c2ccc(C(C)(C)C)cc2)CCCCC1. The van der Waals surface area contributed by atoms with Crippen molar-refractivity contribution in [3.05, 3.63) is 35.4 Å². The second-order valence-electron chi connectivity index (χ2n) is 7.64. The molecule has 0 aromatic heterocycles. The maximum atomic E-state index is 13.1. The van der Waals surface area contributed by atoms with Crippen LogP contribution in [0.25, 0.3) is 0 Å². The van der Waals surface area contributed by atoms with Gasteiger partial charge in [-0.1, -0.05) is 64.3 Å². The highest BCUT2D eigenvalue weighted by atomic mass is 16.1. The van der Waals surface area contributed by atoms with Crippen LogP contribution in [0.15, 0.2) is 24.3 Å². The molecule has 116 valence electrons. The zero-order chi connectivity index (χ0) is 15.7. The zero-order valence-electron chi connectivity index (χ0n) is 14.2. The number of ketones is 1. The van der Waals surface area contributed by atoms with Crippen molar-refractivity contribution in [1.82, 2.24) is 4.90 Å². The van der Waals surface area contributed by atoms with Gasteiger partial charge in [0.15, 0.2) is 5.78 Å². The Morgan fingerprint density at radius 2 is 1.52 bits per heavy atom. The highest BCUT2D eigenvalue weighted by molar-refractivity contribution is 6.03. The lowest BCUT2D eigenvalue weighted by Crippen LogP contribution is -2.52. The van der Waals surface area contributed by atoms with Gasteiger partial charge in [0.25, 0.3) is 0 Å². The average Bonchev–Trinajstić information content (AvgIpc) is 2.46. The Balaban J connectivity index is 2.29. The molecule has 2 heteroatoms. The minimum Gasteiger partial charge on any atom is -0.297 e. The minimum atomic E-state index is -0.290. The van der Waals surface area contributed by atoms with Gasteiger partial charge >= 0.3 is 0 Å². The molecule has 2 nitrogen and oxygen atoms in total. The van der Waals surface area contributed by atoms with E-state index >= 15 is 0 Å². The van der Waals surface area contributed by atoms with E-state index in [0.717, 1.165) is 31.2 Å². The average molecular weight is 287 g/mol. The standard InChI is InChI=1S/C19H29NO/c1-18(2,3)16-11-9-15(10-12-16)17(21)19(20(4)5)13-7-6-8-14-19/h9-12H,6-8,13-14H2,1-5H3. The summed E-state index contributed by atoms with van der Waals surface area (Å²) in [5.41, 5.74) is 1.98. The number of carbonyl (C=O) groups is 1. The molecule has 1 fully saturated rings. The Morgan fingerprint density at radius 3 is 1.95 bits per heavy atom. The van der Waals surface area contributed by atoms with Crippen molar-refractivity contribution in [2.45, 2.75) is 63.8 Å². The summed E-state index contributed by atoms with van der Waals surface area (Å²) < 4.78 is 0. The lowest BCUT2D eigenvalue weighted by Gasteiger charge is -2.41. The molecule has 1 aliphatic rings. The van der Waals surface area contributed by atoms with Crippen molar-refractivity contribution in [2.75, 3.05) is 14.1 Å². The Hall–Kier alpha value is -1.15. The summed E-state index contributed by atoms with van der Waals surface area (Å²) in [6.45, 7) is 6.60. The molecular weight excluding hydrogens is 258 g/mol. The van der Waals surface area contributed by atoms with Crippen molar-refractivity contribution < 1.29 is 4.79 Å². The molecule has 2 rings (SSSR count). The molecule has 0 radical (unpaired) electrons.